The first kappa shape index (κ1) is 16.5. The van der Waals surface area contributed by atoms with Crippen LogP contribution in [0.4, 0.5) is 0 Å². The third kappa shape index (κ3) is 3.39. The Kier molecular flexibility index (Phi) is 4.53. The molecule has 0 N–H and O–H groups in total. The first-order valence-corrected chi connectivity index (χ1v) is 9.18. The van der Waals surface area contributed by atoms with Gasteiger partial charge in [-0.1, -0.05) is 29.0 Å². The van der Waals surface area contributed by atoms with Crippen LogP contribution in [0.2, 0.25) is 0 Å². The van der Waals surface area contributed by atoms with E-state index in [1.54, 1.807) is 4.52 Å². The van der Waals surface area contributed by atoms with Crippen molar-refractivity contribution in [3.05, 3.63) is 59.9 Å². The molecule has 26 heavy (non-hydrogen) atoms. The number of rotatable bonds is 6. The van der Waals surface area contributed by atoms with Crippen molar-refractivity contribution < 1.29 is 9.47 Å². The summed E-state index contributed by atoms with van der Waals surface area (Å²) in [5, 5.41) is 13.9. The minimum Gasteiger partial charge on any atom is -0.494 e. The minimum atomic E-state index is 0.316. The summed E-state index contributed by atoms with van der Waals surface area (Å²) in [4.78, 5) is 0.747. The Hall–Kier alpha value is -2.93. The second-order valence-corrected chi connectivity index (χ2v) is 6.73. The molecule has 0 aliphatic rings. The minimum absolute atomic E-state index is 0.316. The van der Waals surface area contributed by atoms with Crippen LogP contribution in [-0.2, 0) is 6.61 Å². The van der Waals surface area contributed by atoms with Gasteiger partial charge in [0.2, 0.25) is 4.96 Å². The Morgan fingerprint density at radius 1 is 0.923 bits per heavy atom. The van der Waals surface area contributed by atoms with E-state index >= 15 is 0 Å². The second kappa shape index (κ2) is 7.13. The fourth-order valence-corrected chi connectivity index (χ4v) is 3.37. The highest BCUT2D eigenvalue weighted by Gasteiger charge is 2.13. The van der Waals surface area contributed by atoms with Crippen molar-refractivity contribution in [2.45, 2.75) is 20.5 Å². The van der Waals surface area contributed by atoms with Gasteiger partial charge >= 0.3 is 0 Å². The molecule has 6 nitrogen and oxygen atoms in total. The van der Waals surface area contributed by atoms with Gasteiger partial charge in [-0.3, -0.25) is 0 Å². The van der Waals surface area contributed by atoms with Gasteiger partial charge in [0, 0.05) is 5.56 Å². The first-order valence-electron chi connectivity index (χ1n) is 8.37. The van der Waals surface area contributed by atoms with Crippen molar-refractivity contribution in [1.29, 1.82) is 0 Å². The molecule has 0 bridgehead atoms. The molecule has 0 spiro atoms. The highest BCUT2D eigenvalue weighted by molar-refractivity contribution is 7.19. The van der Waals surface area contributed by atoms with Gasteiger partial charge in [-0.15, -0.1) is 10.2 Å². The van der Waals surface area contributed by atoms with Gasteiger partial charge in [0.1, 0.15) is 23.1 Å². The van der Waals surface area contributed by atoms with Crippen molar-refractivity contribution in [1.82, 2.24) is 19.8 Å². The van der Waals surface area contributed by atoms with E-state index in [0.717, 1.165) is 27.0 Å². The lowest BCUT2D eigenvalue weighted by Gasteiger charge is -2.04. The molecule has 0 fully saturated rings. The predicted octanol–water partition coefficient (Wildman–Crippen LogP) is 4.14. The molecular formula is C19H18N4O2S. The smallest absolute Gasteiger partial charge is 0.235 e. The van der Waals surface area contributed by atoms with Crippen LogP contribution in [0.1, 0.15) is 18.3 Å². The van der Waals surface area contributed by atoms with Gasteiger partial charge < -0.3 is 9.47 Å². The molecule has 0 aliphatic carbocycles. The Bertz CT molecular complexity index is 1010. The Morgan fingerprint density at radius 3 is 2.35 bits per heavy atom. The van der Waals surface area contributed by atoms with E-state index < -0.39 is 0 Å². The molecule has 0 unspecified atom stereocenters. The van der Waals surface area contributed by atoms with E-state index in [2.05, 4.69) is 15.3 Å². The first-order chi connectivity index (χ1) is 12.7. The van der Waals surface area contributed by atoms with E-state index in [-0.39, 0.29) is 0 Å². The molecule has 0 amide bonds. The molecular weight excluding hydrogens is 348 g/mol. The van der Waals surface area contributed by atoms with Crippen LogP contribution in [0, 0.1) is 6.92 Å². The van der Waals surface area contributed by atoms with Gasteiger partial charge in [-0.2, -0.15) is 9.61 Å². The SMILES string of the molecule is CCOc1ccc(-c2nn3c(COc4ccc(C)cc4)nnc3s2)cc1. The van der Waals surface area contributed by atoms with Crippen LogP contribution in [0.25, 0.3) is 15.5 Å². The van der Waals surface area contributed by atoms with Crippen molar-refractivity contribution in [3.8, 4) is 22.1 Å². The maximum absolute atomic E-state index is 5.80. The van der Waals surface area contributed by atoms with E-state index in [1.807, 2.05) is 62.4 Å². The van der Waals surface area contributed by atoms with Gasteiger partial charge in [-0.05, 0) is 50.2 Å². The monoisotopic (exact) mass is 366 g/mol. The lowest BCUT2D eigenvalue weighted by molar-refractivity contribution is 0.293. The Morgan fingerprint density at radius 2 is 1.62 bits per heavy atom. The average Bonchev–Trinajstić information content (AvgIpc) is 3.23. The van der Waals surface area contributed by atoms with Crippen LogP contribution in [0.5, 0.6) is 11.5 Å². The zero-order valence-corrected chi connectivity index (χ0v) is 15.4. The average molecular weight is 366 g/mol. The molecule has 132 valence electrons. The van der Waals surface area contributed by atoms with E-state index in [1.165, 1.54) is 16.9 Å². The molecule has 7 heteroatoms. The molecule has 0 atom stereocenters. The predicted molar refractivity (Wildman–Crippen MR) is 101 cm³/mol. The number of hydrogen-bond acceptors (Lipinski definition) is 6. The summed E-state index contributed by atoms with van der Waals surface area (Å²) < 4.78 is 13.0. The Labute approximate surface area is 155 Å². The van der Waals surface area contributed by atoms with E-state index in [0.29, 0.717) is 19.0 Å². The molecule has 2 heterocycles. The largest absolute Gasteiger partial charge is 0.494 e. The van der Waals surface area contributed by atoms with Crippen molar-refractivity contribution in [2.24, 2.45) is 0 Å². The maximum atomic E-state index is 5.80. The summed E-state index contributed by atoms with van der Waals surface area (Å²) in [6.45, 7) is 4.98. The molecule has 0 radical (unpaired) electrons. The van der Waals surface area contributed by atoms with Crippen molar-refractivity contribution in [3.63, 3.8) is 0 Å². The van der Waals surface area contributed by atoms with Gasteiger partial charge in [0.05, 0.1) is 6.61 Å². The number of ether oxygens (including phenoxy) is 2. The molecule has 0 saturated heterocycles. The molecule has 4 aromatic rings. The molecule has 0 saturated carbocycles. The zero-order valence-electron chi connectivity index (χ0n) is 14.5. The third-order valence-corrected chi connectivity index (χ3v) is 4.80. The van der Waals surface area contributed by atoms with Crippen molar-refractivity contribution >= 4 is 16.3 Å². The maximum Gasteiger partial charge on any atom is 0.235 e. The number of hydrogen-bond donors (Lipinski definition) is 0. The lowest BCUT2D eigenvalue weighted by atomic mass is 10.2. The third-order valence-electron chi connectivity index (χ3n) is 3.86. The van der Waals surface area contributed by atoms with E-state index in [9.17, 15) is 0 Å². The standard InChI is InChI=1S/C19H18N4O2S/c1-3-24-15-10-6-14(7-11-15)18-22-23-17(20-21-19(23)26-18)12-25-16-8-4-13(2)5-9-16/h4-11H,3,12H2,1-2H3. The number of fused-ring (bicyclic) bond motifs is 1. The fourth-order valence-electron chi connectivity index (χ4n) is 2.51. The summed E-state index contributed by atoms with van der Waals surface area (Å²) in [7, 11) is 0. The summed E-state index contributed by atoms with van der Waals surface area (Å²) in [5.41, 5.74) is 2.22. The molecule has 4 rings (SSSR count). The zero-order chi connectivity index (χ0) is 17.9. The van der Waals surface area contributed by atoms with Crippen LogP contribution >= 0.6 is 11.3 Å². The quantitative estimate of drug-likeness (QED) is 0.513. The van der Waals surface area contributed by atoms with Crippen molar-refractivity contribution in [2.75, 3.05) is 6.61 Å². The number of aromatic nitrogens is 4. The summed E-state index contributed by atoms with van der Waals surface area (Å²) in [5.74, 6) is 2.33. The number of benzene rings is 2. The summed E-state index contributed by atoms with van der Waals surface area (Å²) in [6.07, 6.45) is 0. The van der Waals surface area contributed by atoms with E-state index in [4.69, 9.17) is 9.47 Å². The summed E-state index contributed by atoms with van der Waals surface area (Å²) >= 11 is 1.50. The normalized spacial score (nSPS) is 11.0. The van der Waals surface area contributed by atoms with Gasteiger partial charge in [0.25, 0.3) is 0 Å². The van der Waals surface area contributed by atoms with Gasteiger partial charge in [0.15, 0.2) is 5.82 Å². The van der Waals surface area contributed by atoms with Crippen LogP contribution < -0.4 is 9.47 Å². The van der Waals surface area contributed by atoms with Crippen LogP contribution in [0.15, 0.2) is 48.5 Å². The van der Waals surface area contributed by atoms with Gasteiger partial charge in [-0.25, -0.2) is 0 Å². The molecule has 0 aliphatic heterocycles. The highest BCUT2D eigenvalue weighted by atomic mass is 32.1. The Balaban J connectivity index is 1.53. The highest BCUT2D eigenvalue weighted by Crippen LogP contribution is 2.27. The number of aryl methyl sites for hydroxylation is 1. The second-order valence-electron chi connectivity index (χ2n) is 5.78. The van der Waals surface area contributed by atoms with Crippen LogP contribution in [-0.4, -0.2) is 26.4 Å². The molecule has 2 aromatic carbocycles. The summed E-state index contributed by atoms with van der Waals surface area (Å²) in [6, 6.07) is 15.8. The topological polar surface area (TPSA) is 61.5 Å². The van der Waals surface area contributed by atoms with Crippen LogP contribution in [0.3, 0.4) is 0 Å². The number of nitrogens with zero attached hydrogens (tertiary/aromatic N) is 4. The lowest BCUT2D eigenvalue weighted by Crippen LogP contribution is -2.02. The fraction of sp³-hybridized carbons (Fsp3) is 0.211. The molecule has 2 aromatic heterocycles.